The van der Waals surface area contributed by atoms with Crippen LogP contribution in [0.5, 0.6) is 0 Å². The zero-order valence-corrected chi connectivity index (χ0v) is 19.6. The Labute approximate surface area is 186 Å². The van der Waals surface area contributed by atoms with E-state index in [1.807, 2.05) is 38.2 Å². The molecule has 0 aromatic heterocycles. The molecule has 30 heavy (non-hydrogen) atoms. The third-order valence-electron chi connectivity index (χ3n) is 5.28. The first-order valence-corrected chi connectivity index (χ1v) is 10.8. The average molecular weight is 431 g/mol. The number of carbonyl (C=O) groups excluding carboxylic acids is 1. The molecule has 1 atom stereocenters. The van der Waals surface area contributed by atoms with E-state index in [4.69, 9.17) is 9.57 Å². The van der Waals surface area contributed by atoms with E-state index in [0.717, 1.165) is 48.2 Å². The molecular weight excluding hydrogens is 396 g/mol. The number of hydrogen-bond acceptors (Lipinski definition) is 6. The molecule has 0 aliphatic rings. The van der Waals surface area contributed by atoms with Gasteiger partial charge in [-0.15, -0.1) is 0 Å². The number of benzene rings is 2. The van der Waals surface area contributed by atoms with Crippen molar-refractivity contribution in [1.82, 2.24) is 0 Å². The highest BCUT2D eigenvalue weighted by Crippen LogP contribution is 2.38. The number of carbonyl (C=O) groups is 1. The summed E-state index contributed by atoms with van der Waals surface area (Å²) in [6.45, 7) is 6.59. The van der Waals surface area contributed by atoms with Crippen molar-refractivity contribution in [2.24, 2.45) is 0 Å². The third kappa shape index (κ3) is 6.00. The van der Waals surface area contributed by atoms with E-state index in [2.05, 4.69) is 49.8 Å². The Hall–Kier alpha value is -2.02. The predicted octanol–water partition coefficient (Wildman–Crippen LogP) is 5.99. The molecular formula is C24H34N2O3S. The van der Waals surface area contributed by atoms with Crippen LogP contribution in [-0.2, 0) is 20.0 Å². The Morgan fingerprint density at radius 2 is 1.87 bits per heavy atom. The van der Waals surface area contributed by atoms with Crippen LogP contribution in [0.4, 0.5) is 17.1 Å². The molecule has 2 aromatic carbocycles. The summed E-state index contributed by atoms with van der Waals surface area (Å²) in [4.78, 5) is 19.5. The highest BCUT2D eigenvalue weighted by atomic mass is 32.1. The fraction of sp³-hybridized carbons (Fsp3) is 0.458. The molecule has 0 aliphatic heterocycles. The normalized spacial score (nSPS) is 13.0. The van der Waals surface area contributed by atoms with Gasteiger partial charge in [0.15, 0.2) is 6.29 Å². The number of unbranched alkanes of at least 4 members (excludes halogenated alkanes) is 3. The molecule has 0 heterocycles. The molecule has 0 amide bonds. The van der Waals surface area contributed by atoms with Gasteiger partial charge >= 0.3 is 0 Å². The van der Waals surface area contributed by atoms with E-state index in [-0.39, 0.29) is 0 Å². The Bertz CT molecular complexity index is 830. The van der Waals surface area contributed by atoms with Crippen molar-refractivity contribution in [3.05, 3.63) is 53.6 Å². The SMILES string of the molecule is CCCCCCOC(C)(C=O)c1cc(N(S)OC)ccc1N(C)c1cccc(C)c1. The van der Waals surface area contributed by atoms with Crippen LogP contribution in [0.2, 0.25) is 0 Å². The maximum Gasteiger partial charge on any atom is 0.156 e. The quantitative estimate of drug-likeness (QED) is 0.194. The maximum absolute atomic E-state index is 12.3. The first kappa shape index (κ1) is 24.3. The molecule has 164 valence electrons. The van der Waals surface area contributed by atoms with Gasteiger partial charge in [-0.2, -0.15) is 4.47 Å². The molecule has 2 rings (SSSR count). The molecule has 0 N–H and O–H groups in total. The van der Waals surface area contributed by atoms with E-state index in [1.54, 1.807) is 7.11 Å². The summed E-state index contributed by atoms with van der Waals surface area (Å²) >= 11 is 4.34. The Morgan fingerprint density at radius 3 is 2.50 bits per heavy atom. The monoisotopic (exact) mass is 430 g/mol. The molecule has 0 radical (unpaired) electrons. The van der Waals surface area contributed by atoms with Crippen LogP contribution < -0.4 is 9.37 Å². The van der Waals surface area contributed by atoms with Crippen LogP contribution in [0.1, 0.15) is 50.7 Å². The number of aldehydes is 1. The zero-order valence-electron chi connectivity index (χ0n) is 18.7. The minimum absolute atomic E-state index is 0.530. The molecule has 0 bridgehead atoms. The number of rotatable bonds is 12. The largest absolute Gasteiger partial charge is 0.363 e. The molecule has 0 spiro atoms. The van der Waals surface area contributed by atoms with Crippen molar-refractivity contribution in [2.75, 3.05) is 30.1 Å². The van der Waals surface area contributed by atoms with Gasteiger partial charge in [-0.1, -0.05) is 38.3 Å². The lowest BCUT2D eigenvalue weighted by Crippen LogP contribution is -2.31. The number of anilines is 3. The molecule has 6 heteroatoms. The van der Waals surface area contributed by atoms with Crippen LogP contribution in [0.25, 0.3) is 0 Å². The van der Waals surface area contributed by atoms with Gasteiger partial charge < -0.3 is 9.64 Å². The van der Waals surface area contributed by atoms with E-state index in [9.17, 15) is 4.79 Å². The number of nitrogens with zero attached hydrogens (tertiary/aromatic N) is 2. The van der Waals surface area contributed by atoms with Crippen LogP contribution in [0, 0.1) is 6.92 Å². The summed E-state index contributed by atoms with van der Waals surface area (Å²) in [6, 6.07) is 14.0. The molecule has 0 saturated heterocycles. The van der Waals surface area contributed by atoms with Crippen molar-refractivity contribution in [2.45, 2.75) is 52.1 Å². The Morgan fingerprint density at radius 1 is 1.10 bits per heavy atom. The molecule has 1 unspecified atom stereocenters. The minimum Gasteiger partial charge on any atom is -0.363 e. The Balaban J connectivity index is 2.45. The van der Waals surface area contributed by atoms with Gasteiger partial charge in [0.2, 0.25) is 0 Å². The maximum atomic E-state index is 12.3. The second-order valence-corrected chi connectivity index (χ2v) is 8.05. The van der Waals surface area contributed by atoms with Gasteiger partial charge in [0.05, 0.1) is 12.8 Å². The fourth-order valence-corrected chi connectivity index (χ4v) is 3.53. The smallest absolute Gasteiger partial charge is 0.156 e. The molecule has 2 aromatic rings. The predicted molar refractivity (Wildman–Crippen MR) is 128 cm³/mol. The van der Waals surface area contributed by atoms with E-state index >= 15 is 0 Å². The lowest BCUT2D eigenvalue weighted by atomic mass is 9.93. The highest BCUT2D eigenvalue weighted by Gasteiger charge is 2.32. The van der Waals surface area contributed by atoms with Crippen molar-refractivity contribution < 1.29 is 14.4 Å². The van der Waals surface area contributed by atoms with Crippen molar-refractivity contribution >= 4 is 36.2 Å². The topological polar surface area (TPSA) is 42.0 Å². The Kier molecular flexibility index (Phi) is 9.21. The lowest BCUT2D eigenvalue weighted by molar-refractivity contribution is -0.130. The molecule has 0 aliphatic carbocycles. The zero-order chi connectivity index (χ0) is 22.1. The summed E-state index contributed by atoms with van der Waals surface area (Å²) in [5, 5.41) is 0. The van der Waals surface area contributed by atoms with Crippen LogP contribution in [-0.4, -0.2) is 27.1 Å². The van der Waals surface area contributed by atoms with Crippen LogP contribution in [0.15, 0.2) is 42.5 Å². The molecule has 5 nitrogen and oxygen atoms in total. The summed E-state index contributed by atoms with van der Waals surface area (Å²) in [7, 11) is 3.54. The van der Waals surface area contributed by atoms with Gasteiger partial charge in [-0.25, -0.2) is 0 Å². The average Bonchev–Trinajstić information content (AvgIpc) is 2.77. The van der Waals surface area contributed by atoms with E-state index in [0.29, 0.717) is 6.61 Å². The van der Waals surface area contributed by atoms with E-state index in [1.165, 1.54) is 16.5 Å². The van der Waals surface area contributed by atoms with Crippen molar-refractivity contribution in [3.63, 3.8) is 0 Å². The van der Waals surface area contributed by atoms with Crippen LogP contribution in [0.3, 0.4) is 0 Å². The van der Waals surface area contributed by atoms with Gasteiger partial charge in [-0.05, 0) is 69.0 Å². The molecule has 0 saturated carbocycles. The fourth-order valence-electron chi connectivity index (χ4n) is 3.40. The standard InChI is InChI=1S/C24H34N2O3S/c1-6-7-8-9-15-29-24(3,18-27)22-17-21(26(30)28-5)13-14-23(22)25(4)20-12-10-11-19(2)16-20/h10-14,16-18,30H,6-9,15H2,1-5H3. The number of thiol groups is 1. The van der Waals surface area contributed by atoms with Crippen molar-refractivity contribution in [3.8, 4) is 0 Å². The second-order valence-electron chi connectivity index (χ2n) is 7.69. The minimum atomic E-state index is -1.09. The highest BCUT2D eigenvalue weighted by molar-refractivity contribution is 7.81. The van der Waals surface area contributed by atoms with Crippen LogP contribution >= 0.6 is 12.8 Å². The van der Waals surface area contributed by atoms with Gasteiger partial charge in [0.1, 0.15) is 5.60 Å². The lowest BCUT2D eigenvalue weighted by Gasteiger charge is -2.32. The number of aryl methyl sites for hydroxylation is 1. The van der Waals surface area contributed by atoms with Gasteiger partial charge in [-0.3, -0.25) is 9.63 Å². The summed E-state index contributed by atoms with van der Waals surface area (Å²) in [5.41, 5.74) is 3.51. The van der Waals surface area contributed by atoms with Crippen molar-refractivity contribution in [1.29, 1.82) is 0 Å². The first-order valence-electron chi connectivity index (χ1n) is 10.4. The summed E-state index contributed by atoms with van der Waals surface area (Å²) in [6.07, 6.45) is 5.23. The van der Waals surface area contributed by atoms with Gasteiger partial charge in [0, 0.05) is 30.6 Å². The molecule has 0 fully saturated rings. The number of hydrogen-bond donors (Lipinski definition) is 1. The number of ether oxygens (including phenoxy) is 1. The first-order chi connectivity index (χ1) is 14.4. The van der Waals surface area contributed by atoms with Gasteiger partial charge in [0.25, 0.3) is 0 Å². The summed E-state index contributed by atoms with van der Waals surface area (Å²) in [5.74, 6) is 0. The third-order valence-corrected chi connectivity index (χ3v) is 5.68. The van der Waals surface area contributed by atoms with E-state index < -0.39 is 5.60 Å². The summed E-state index contributed by atoms with van der Waals surface area (Å²) < 4.78 is 7.52. The second kappa shape index (κ2) is 11.4.